The number of carbonyl (C=O) groups excluding carboxylic acids is 1. The third kappa shape index (κ3) is 7.38. The fourth-order valence-corrected chi connectivity index (χ4v) is 2.31. The molecule has 2 N–H and O–H groups in total. The summed E-state index contributed by atoms with van der Waals surface area (Å²) < 4.78 is 5.20. The molecular weight excluding hydrogens is 244 g/mol. The zero-order chi connectivity index (χ0) is 14.7. The summed E-state index contributed by atoms with van der Waals surface area (Å²) in [5.41, 5.74) is -1.11. The van der Waals surface area contributed by atoms with Gasteiger partial charge >= 0.3 is 6.09 Å². The minimum absolute atomic E-state index is 0.353. The second kappa shape index (κ2) is 6.09. The molecule has 19 heavy (non-hydrogen) atoms. The highest BCUT2D eigenvalue weighted by Gasteiger charge is 2.27. The van der Waals surface area contributed by atoms with Crippen LogP contribution < -0.4 is 5.32 Å². The standard InChI is InChI=1S/C14H28N2O3/c1-13(2,3)19-12(17)15-8-11-6-7-16(9-11)10-14(4,5)18/h11,18H,6-10H2,1-5H3,(H,15,17)/t11-/m1/s1. The fraction of sp³-hybridized carbons (Fsp3) is 0.929. The molecule has 0 aromatic carbocycles. The highest BCUT2D eigenvalue weighted by molar-refractivity contribution is 5.67. The molecule has 1 fully saturated rings. The molecule has 1 atom stereocenters. The molecule has 0 bridgehead atoms. The van der Waals surface area contributed by atoms with E-state index in [1.165, 1.54) is 0 Å². The van der Waals surface area contributed by atoms with E-state index in [0.717, 1.165) is 19.5 Å². The first kappa shape index (κ1) is 16.2. The van der Waals surface area contributed by atoms with Crippen LogP contribution in [0.25, 0.3) is 0 Å². The summed E-state index contributed by atoms with van der Waals surface area (Å²) in [7, 11) is 0. The smallest absolute Gasteiger partial charge is 0.407 e. The average Bonchev–Trinajstić information content (AvgIpc) is 2.57. The highest BCUT2D eigenvalue weighted by atomic mass is 16.6. The molecule has 1 rings (SSSR count). The van der Waals surface area contributed by atoms with E-state index in [9.17, 15) is 9.90 Å². The number of hydrogen-bond acceptors (Lipinski definition) is 4. The Balaban J connectivity index is 2.24. The van der Waals surface area contributed by atoms with Crippen LogP contribution in [0.5, 0.6) is 0 Å². The maximum atomic E-state index is 11.5. The first-order valence-corrected chi connectivity index (χ1v) is 6.97. The monoisotopic (exact) mass is 272 g/mol. The molecule has 5 nitrogen and oxygen atoms in total. The van der Waals surface area contributed by atoms with Crippen molar-refractivity contribution in [1.29, 1.82) is 0 Å². The van der Waals surface area contributed by atoms with Gasteiger partial charge in [-0.15, -0.1) is 0 Å². The van der Waals surface area contributed by atoms with Gasteiger partial charge in [-0.1, -0.05) is 0 Å². The summed E-state index contributed by atoms with van der Waals surface area (Å²) in [6.45, 7) is 12.4. The SMILES string of the molecule is CC(C)(O)CN1CC[C@H](CNC(=O)OC(C)(C)C)C1. The normalized spacial score (nSPS) is 21.5. The molecule has 0 aliphatic carbocycles. The van der Waals surface area contributed by atoms with Crippen LogP contribution in [0, 0.1) is 5.92 Å². The van der Waals surface area contributed by atoms with Gasteiger partial charge in [-0.05, 0) is 53.5 Å². The van der Waals surface area contributed by atoms with Crippen molar-refractivity contribution < 1.29 is 14.6 Å². The Morgan fingerprint density at radius 1 is 1.37 bits per heavy atom. The van der Waals surface area contributed by atoms with Crippen molar-refractivity contribution >= 4 is 6.09 Å². The van der Waals surface area contributed by atoms with E-state index in [-0.39, 0.29) is 6.09 Å². The average molecular weight is 272 g/mol. The van der Waals surface area contributed by atoms with Crippen LogP contribution in [0.3, 0.4) is 0 Å². The van der Waals surface area contributed by atoms with E-state index in [1.54, 1.807) is 0 Å². The van der Waals surface area contributed by atoms with Crippen molar-refractivity contribution in [1.82, 2.24) is 10.2 Å². The summed E-state index contributed by atoms with van der Waals surface area (Å²) in [5.74, 6) is 0.440. The zero-order valence-corrected chi connectivity index (χ0v) is 12.8. The van der Waals surface area contributed by atoms with E-state index in [1.807, 2.05) is 34.6 Å². The van der Waals surface area contributed by atoms with Gasteiger partial charge in [0.1, 0.15) is 5.60 Å². The van der Waals surface area contributed by atoms with E-state index in [0.29, 0.717) is 19.0 Å². The minimum Gasteiger partial charge on any atom is -0.444 e. The Morgan fingerprint density at radius 3 is 2.53 bits per heavy atom. The number of alkyl carbamates (subject to hydrolysis) is 1. The van der Waals surface area contributed by atoms with Gasteiger partial charge in [0.25, 0.3) is 0 Å². The fourth-order valence-electron chi connectivity index (χ4n) is 2.31. The third-order valence-corrected chi connectivity index (χ3v) is 2.91. The summed E-state index contributed by atoms with van der Waals surface area (Å²) in [6, 6.07) is 0. The number of likely N-dealkylation sites (tertiary alicyclic amines) is 1. The topological polar surface area (TPSA) is 61.8 Å². The van der Waals surface area contributed by atoms with Crippen molar-refractivity contribution in [2.45, 2.75) is 52.2 Å². The first-order chi connectivity index (χ1) is 8.55. The quantitative estimate of drug-likeness (QED) is 0.816. The Hall–Kier alpha value is -0.810. The minimum atomic E-state index is -0.659. The van der Waals surface area contributed by atoms with Crippen molar-refractivity contribution in [3.05, 3.63) is 0 Å². The number of aliphatic hydroxyl groups is 1. The molecule has 0 saturated carbocycles. The maximum Gasteiger partial charge on any atom is 0.407 e. The molecule has 0 aromatic heterocycles. The number of hydrogen-bond donors (Lipinski definition) is 2. The summed E-state index contributed by atoms with van der Waals surface area (Å²) in [5, 5.41) is 12.6. The van der Waals surface area contributed by atoms with Gasteiger partial charge in [0.15, 0.2) is 0 Å². The second-order valence-corrected chi connectivity index (χ2v) is 7.09. The molecule has 1 saturated heterocycles. The largest absolute Gasteiger partial charge is 0.444 e. The maximum absolute atomic E-state index is 11.5. The lowest BCUT2D eigenvalue weighted by Gasteiger charge is -2.25. The van der Waals surface area contributed by atoms with Gasteiger partial charge in [-0.3, -0.25) is 0 Å². The predicted molar refractivity (Wildman–Crippen MR) is 75.1 cm³/mol. The van der Waals surface area contributed by atoms with Crippen molar-refractivity contribution in [3.8, 4) is 0 Å². The Labute approximate surface area is 116 Å². The van der Waals surface area contributed by atoms with E-state index >= 15 is 0 Å². The molecule has 0 unspecified atom stereocenters. The lowest BCUT2D eigenvalue weighted by Crippen LogP contribution is -2.39. The van der Waals surface area contributed by atoms with Crippen LogP contribution in [0.4, 0.5) is 4.79 Å². The molecular formula is C14H28N2O3. The predicted octanol–water partition coefficient (Wildman–Crippen LogP) is 1.60. The lowest BCUT2D eigenvalue weighted by molar-refractivity contribution is 0.0418. The van der Waals surface area contributed by atoms with Crippen molar-refractivity contribution in [3.63, 3.8) is 0 Å². The summed E-state index contributed by atoms with van der Waals surface area (Å²) in [4.78, 5) is 13.8. The van der Waals surface area contributed by atoms with Crippen LogP contribution in [-0.2, 0) is 4.74 Å². The van der Waals surface area contributed by atoms with Crippen LogP contribution >= 0.6 is 0 Å². The van der Waals surface area contributed by atoms with E-state index in [2.05, 4.69) is 10.2 Å². The van der Waals surface area contributed by atoms with Crippen molar-refractivity contribution in [2.75, 3.05) is 26.2 Å². The van der Waals surface area contributed by atoms with Gasteiger partial charge < -0.3 is 20.1 Å². The molecule has 0 radical (unpaired) electrons. The lowest BCUT2D eigenvalue weighted by atomic mass is 10.1. The van der Waals surface area contributed by atoms with Crippen LogP contribution in [0.2, 0.25) is 0 Å². The molecule has 0 aromatic rings. The molecule has 1 aliphatic rings. The number of β-amino-alcohol motifs (C(OH)–C–C–N with tert-alkyl or cyclic N) is 1. The number of nitrogens with one attached hydrogen (secondary N) is 1. The Bertz CT molecular complexity index is 305. The number of carbonyl (C=O) groups is 1. The second-order valence-electron chi connectivity index (χ2n) is 7.09. The van der Waals surface area contributed by atoms with Gasteiger partial charge in [0.2, 0.25) is 0 Å². The zero-order valence-electron chi connectivity index (χ0n) is 12.8. The summed E-state index contributed by atoms with van der Waals surface area (Å²) in [6.07, 6.45) is 0.694. The van der Waals surface area contributed by atoms with E-state index in [4.69, 9.17) is 4.74 Å². The van der Waals surface area contributed by atoms with Gasteiger partial charge in [-0.25, -0.2) is 4.79 Å². The van der Waals surface area contributed by atoms with Crippen LogP contribution in [-0.4, -0.2) is 53.5 Å². The Kier molecular flexibility index (Phi) is 5.21. The van der Waals surface area contributed by atoms with Crippen LogP contribution in [0.15, 0.2) is 0 Å². The highest BCUT2D eigenvalue weighted by Crippen LogP contribution is 2.18. The van der Waals surface area contributed by atoms with Gasteiger partial charge in [0.05, 0.1) is 5.60 Å². The molecule has 5 heteroatoms. The van der Waals surface area contributed by atoms with Crippen LogP contribution in [0.1, 0.15) is 41.0 Å². The van der Waals surface area contributed by atoms with E-state index < -0.39 is 11.2 Å². The molecule has 0 spiro atoms. The first-order valence-electron chi connectivity index (χ1n) is 6.97. The number of amides is 1. The number of rotatable bonds is 4. The van der Waals surface area contributed by atoms with Gasteiger partial charge in [-0.2, -0.15) is 0 Å². The summed E-state index contributed by atoms with van der Waals surface area (Å²) >= 11 is 0. The molecule has 1 heterocycles. The van der Waals surface area contributed by atoms with Crippen molar-refractivity contribution in [2.24, 2.45) is 5.92 Å². The Morgan fingerprint density at radius 2 is 2.00 bits per heavy atom. The van der Waals surface area contributed by atoms with Gasteiger partial charge in [0, 0.05) is 19.6 Å². The number of ether oxygens (including phenoxy) is 1. The molecule has 1 aliphatic heterocycles. The third-order valence-electron chi connectivity index (χ3n) is 2.91. The number of nitrogens with zero attached hydrogens (tertiary/aromatic N) is 1. The molecule has 112 valence electrons. The molecule has 1 amide bonds.